The number of carbonyl (C=O) groups excluding carboxylic acids is 1. The standard InChI is InChI=1S/C9H15NO2/c1-10(2)5-8-3-4-12-7-9(8)6-11/h6H,3-5,7H2,1-2H3. The maximum absolute atomic E-state index is 10.6. The molecule has 0 radical (unpaired) electrons. The zero-order chi connectivity index (χ0) is 8.97. The number of carbonyl (C=O) groups is 1. The summed E-state index contributed by atoms with van der Waals surface area (Å²) < 4.78 is 5.18. The second-order valence-corrected chi connectivity index (χ2v) is 3.29. The summed E-state index contributed by atoms with van der Waals surface area (Å²) in [6.45, 7) is 2.12. The van der Waals surface area contributed by atoms with E-state index in [9.17, 15) is 4.79 Å². The Balaban J connectivity index is 2.66. The fourth-order valence-electron chi connectivity index (χ4n) is 1.32. The minimum atomic E-state index is 0.493. The molecule has 0 N–H and O–H groups in total. The highest BCUT2D eigenvalue weighted by Gasteiger charge is 2.12. The molecule has 3 heteroatoms. The Morgan fingerprint density at radius 3 is 2.92 bits per heavy atom. The minimum Gasteiger partial charge on any atom is -0.376 e. The smallest absolute Gasteiger partial charge is 0.148 e. The lowest BCUT2D eigenvalue weighted by molar-refractivity contribution is -0.105. The van der Waals surface area contributed by atoms with Gasteiger partial charge in [0.25, 0.3) is 0 Å². The van der Waals surface area contributed by atoms with Crippen LogP contribution in [-0.2, 0) is 9.53 Å². The summed E-state index contributed by atoms with van der Waals surface area (Å²) in [5, 5.41) is 0. The van der Waals surface area contributed by atoms with Gasteiger partial charge in [-0.15, -0.1) is 0 Å². The van der Waals surface area contributed by atoms with E-state index in [2.05, 4.69) is 4.90 Å². The number of likely N-dealkylation sites (N-methyl/N-ethyl adjacent to an activating group) is 1. The molecule has 1 rings (SSSR count). The summed E-state index contributed by atoms with van der Waals surface area (Å²) >= 11 is 0. The largest absolute Gasteiger partial charge is 0.376 e. The van der Waals surface area contributed by atoms with Crippen LogP contribution >= 0.6 is 0 Å². The Bertz CT molecular complexity index is 197. The van der Waals surface area contributed by atoms with Gasteiger partial charge in [-0.3, -0.25) is 4.79 Å². The van der Waals surface area contributed by atoms with E-state index in [1.807, 2.05) is 14.1 Å². The molecule has 1 aliphatic rings. The van der Waals surface area contributed by atoms with E-state index in [0.717, 1.165) is 31.4 Å². The van der Waals surface area contributed by atoms with Gasteiger partial charge in [0, 0.05) is 12.1 Å². The van der Waals surface area contributed by atoms with Gasteiger partial charge in [0.15, 0.2) is 0 Å². The van der Waals surface area contributed by atoms with Gasteiger partial charge in [-0.1, -0.05) is 0 Å². The van der Waals surface area contributed by atoms with Crippen molar-refractivity contribution in [1.82, 2.24) is 4.90 Å². The molecular formula is C9H15NO2. The van der Waals surface area contributed by atoms with Crippen LogP contribution in [0.2, 0.25) is 0 Å². The Morgan fingerprint density at radius 1 is 1.58 bits per heavy atom. The fraction of sp³-hybridized carbons (Fsp3) is 0.667. The maximum atomic E-state index is 10.6. The quantitative estimate of drug-likeness (QED) is 0.575. The van der Waals surface area contributed by atoms with Crippen LogP contribution in [0.15, 0.2) is 11.1 Å². The number of hydrogen-bond donors (Lipinski definition) is 0. The first-order chi connectivity index (χ1) is 5.74. The van der Waals surface area contributed by atoms with Gasteiger partial charge < -0.3 is 9.64 Å². The van der Waals surface area contributed by atoms with Gasteiger partial charge in [-0.05, 0) is 26.1 Å². The van der Waals surface area contributed by atoms with Gasteiger partial charge in [-0.2, -0.15) is 0 Å². The minimum absolute atomic E-state index is 0.493. The molecule has 0 unspecified atom stereocenters. The van der Waals surface area contributed by atoms with Crippen LogP contribution in [0.5, 0.6) is 0 Å². The normalized spacial score (nSPS) is 18.6. The van der Waals surface area contributed by atoms with E-state index in [4.69, 9.17) is 4.74 Å². The molecule has 1 aliphatic heterocycles. The lowest BCUT2D eigenvalue weighted by Gasteiger charge is -2.20. The molecular weight excluding hydrogens is 154 g/mol. The predicted octanol–water partition coefficient (Wildman–Crippen LogP) is 0.464. The van der Waals surface area contributed by atoms with Gasteiger partial charge >= 0.3 is 0 Å². The van der Waals surface area contributed by atoms with Gasteiger partial charge in [0.1, 0.15) is 6.29 Å². The van der Waals surface area contributed by atoms with E-state index >= 15 is 0 Å². The van der Waals surface area contributed by atoms with Crippen molar-refractivity contribution < 1.29 is 9.53 Å². The topological polar surface area (TPSA) is 29.5 Å². The van der Waals surface area contributed by atoms with Crippen molar-refractivity contribution in [3.8, 4) is 0 Å². The summed E-state index contributed by atoms with van der Waals surface area (Å²) in [5.41, 5.74) is 2.05. The number of nitrogens with zero attached hydrogens (tertiary/aromatic N) is 1. The average Bonchev–Trinajstić information content (AvgIpc) is 2.04. The molecule has 0 fully saturated rings. The van der Waals surface area contributed by atoms with Crippen molar-refractivity contribution in [3.63, 3.8) is 0 Å². The first-order valence-electron chi connectivity index (χ1n) is 4.12. The monoisotopic (exact) mass is 169 g/mol. The molecule has 12 heavy (non-hydrogen) atoms. The van der Waals surface area contributed by atoms with Crippen LogP contribution in [0, 0.1) is 0 Å². The van der Waals surface area contributed by atoms with Crippen molar-refractivity contribution in [2.75, 3.05) is 33.9 Å². The van der Waals surface area contributed by atoms with Gasteiger partial charge in [-0.25, -0.2) is 0 Å². The summed E-state index contributed by atoms with van der Waals surface area (Å²) in [6.07, 6.45) is 1.81. The highest BCUT2D eigenvalue weighted by Crippen LogP contribution is 2.14. The van der Waals surface area contributed by atoms with Crippen LogP contribution < -0.4 is 0 Å². The van der Waals surface area contributed by atoms with E-state index in [1.54, 1.807) is 0 Å². The van der Waals surface area contributed by atoms with Crippen LogP contribution in [0.1, 0.15) is 6.42 Å². The Hall–Kier alpha value is -0.670. The second kappa shape index (κ2) is 4.38. The summed E-state index contributed by atoms with van der Waals surface area (Å²) in [5.74, 6) is 0. The summed E-state index contributed by atoms with van der Waals surface area (Å²) in [7, 11) is 4.01. The number of aldehydes is 1. The van der Waals surface area contributed by atoms with Crippen LogP contribution in [0.3, 0.4) is 0 Å². The third kappa shape index (κ3) is 2.43. The third-order valence-corrected chi connectivity index (χ3v) is 1.91. The molecule has 0 aromatic heterocycles. The first-order valence-corrected chi connectivity index (χ1v) is 4.12. The van der Waals surface area contributed by atoms with E-state index in [-0.39, 0.29) is 0 Å². The zero-order valence-corrected chi connectivity index (χ0v) is 7.67. The zero-order valence-electron chi connectivity index (χ0n) is 7.67. The van der Waals surface area contributed by atoms with Crippen molar-refractivity contribution in [3.05, 3.63) is 11.1 Å². The van der Waals surface area contributed by atoms with E-state index in [1.165, 1.54) is 5.57 Å². The Kier molecular flexibility index (Phi) is 3.44. The molecule has 0 bridgehead atoms. The highest BCUT2D eigenvalue weighted by atomic mass is 16.5. The van der Waals surface area contributed by atoms with Crippen molar-refractivity contribution in [2.45, 2.75) is 6.42 Å². The maximum Gasteiger partial charge on any atom is 0.148 e. The average molecular weight is 169 g/mol. The molecule has 0 aliphatic carbocycles. The first kappa shape index (κ1) is 9.42. The van der Waals surface area contributed by atoms with Gasteiger partial charge in [0.05, 0.1) is 13.2 Å². The van der Waals surface area contributed by atoms with Crippen LogP contribution in [-0.4, -0.2) is 45.0 Å². The fourth-order valence-corrected chi connectivity index (χ4v) is 1.32. The number of rotatable bonds is 3. The molecule has 0 saturated heterocycles. The molecule has 3 nitrogen and oxygen atoms in total. The van der Waals surface area contributed by atoms with Crippen molar-refractivity contribution in [1.29, 1.82) is 0 Å². The molecule has 0 spiro atoms. The lowest BCUT2D eigenvalue weighted by Crippen LogP contribution is -2.22. The lowest BCUT2D eigenvalue weighted by atomic mass is 10.0. The third-order valence-electron chi connectivity index (χ3n) is 1.91. The van der Waals surface area contributed by atoms with Crippen molar-refractivity contribution >= 4 is 6.29 Å². The molecule has 0 amide bonds. The molecule has 0 saturated carbocycles. The summed E-state index contributed by atoms with van der Waals surface area (Å²) in [4.78, 5) is 12.7. The van der Waals surface area contributed by atoms with Crippen LogP contribution in [0.4, 0.5) is 0 Å². The molecule has 1 heterocycles. The number of hydrogen-bond acceptors (Lipinski definition) is 3. The van der Waals surface area contributed by atoms with E-state index in [0.29, 0.717) is 6.61 Å². The van der Waals surface area contributed by atoms with Crippen LogP contribution in [0.25, 0.3) is 0 Å². The molecule has 0 aromatic rings. The molecule has 68 valence electrons. The Morgan fingerprint density at radius 2 is 2.33 bits per heavy atom. The Labute approximate surface area is 73.0 Å². The number of ether oxygens (including phenoxy) is 1. The second-order valence-electron chi connectivity index (χ2n) is 3.29. The van der Waals surface area contributed by atoms with E-state index < -0.39 is 0 Å². The predicted molar refractivity (Wildman–Crippen MR) is 47.1 cm³/mol. The molecule has 0 aromatic carbocycles. The van der Waals surface area contributed by atoms with Crippen molar-refractivity contribution in [2.24, 2.45) is 0 Å². The van der Waals surface area contributed by atoms with Gasteiger partial charge in [0.2, 0.25) is 0 Å². The highest BCUT2D eigenvalue weighted by molar-refractivity contribution is 5.75. The summed E-state index contributed by atoms with van der Waals surface area (Å²) in [6, 6.07) is 0. The SMILES string of the molecule is CN(C)CC1=C(C=O)COCC1. The molecule has 0 atom stereocenters.